The lowest BCUT2D eigenvalue weighted by Gasteiger charge is -2.11. The molecule has 0 aromatic carbocycles. The fourth-order valence-corrected chi connectivity index (χ4v) is 1.95. The average molecular weight is 322 g/mol. The minimum absolute atomic E-state index is 0.00734. The van der Waals surface area contributed by atoms with Crippen molar-refractivity contribution in [2.75, 3.05) is 7.11 Å². The SMILES string of the molecule is COc1cnc(C(F)(F)F)cc1-n1cc(S(N)(=O)=O)cn1. The van der Waals surface area contributed by atoms with Gasteiger partial charge in [0.1, 0.15) is 16.3 Å². The van der Waals surface area contributed by atoms with Gasteiger partial charge in [0.15, 0.2) is 5.75 Å². The quantitative estimate of drug-likeness (QED) is 0.906. The third-order valence-electron chi connectivity index (χ3n) is 2.49. The minimum Gasteiger partial charge on any atom is -0.493 e. The van der Waals surface area contributed by atoms with E-state index in [0.717, 1.165) is 23.3 Å². The van der Waals surface area contributed by atoms with Crippen LogP contribution in [0.3, 0.4) is 0 Å². The molecule has 0 saturated heterocycles. The smallest absolute Gasteiger partial charge is 0.433 e. The van der Waals surface area contributed by atoms with Crippen molar-refractivity contribution in [3.8, 4) is 11.4 Å². The highest BCUT2D eigenvalue weighted by Crippen LogP contribution is 2.32. The second-order valence-electron chi connectivity index (χ2n) is 3.90. The Morgan fingerprint density at radius 1 is 1.33 bits per heavy atom. The standard InChI is InChI=1S/C10H9F3N4O3S/c1-20-8-4-15-9(10(11,12)13)2-7(8)17-5-6(3-16-17)21(14,18)19/h2-5H,1H3,(H2,14,18,19). The average Bonchev–Trinajstić information content (AvgIpc) is 2.86. The van der Waals surface area contributed by atoms with Crippen LogP contribution in [0, 0.1) is 0 Å². The summed E-state index contributed by atoms with van der Waals surface area (Å²) in [4.78, 5) is 2.89. The molecule has 11 heteroatoms. The van der Waals surface area contributed by atoms with Crippen LogP contribution in [0.2, 0.25) is 0 Å². The molecule has 114 valence electrons. The summed E-state index contributed by atoms with van der Waals surface area (Å²) in [6, 6.07) is 0.693. The molecular formula is C10H9F3N4O3S. The first kappa shape index (κ1) is 15.3. The Morgan fingerprint density at radius 2 is 2.00 bits per heavy atom. The van der Waals surface area contributed by atoms with E-state index in [0.29, 0.717) is 6.07 Å². The van der Waals surface area contributed by atoms with Gasteiger partial charge < -0.3 is 4.74 Å². The van der Waals surface area contributed by atoms with Crippen molar-refractivity contribution in [2.24, 2.45) is 5.14 Å². The summed E-state index contributed by atoms with van der Waals surface area (Å²) in [7, 11) is -2.78. The number of rotatable bonds is 3. The molecule has 0 fully saturated rings. The highest BCUT2D eigenvalue weighted by molar-refractivity contribution is 7.89. The summed E-state index contributed by atoms with van der Waals surface area (Å²) in [6.45, 7) is 0. The van der Waals surface area contributed by atoms with Crippen LogP contribution in [0.15, 0.2) is 29.6 Å². The lowest BCUT2D eigenvalue weighted by molar-refractivity contribution is -0.141. The Hall–Kier alpha value is -2.14. The van der Waals surface area contributed by atoms with Gasteiger partial charge in [-0.25, -0.2) is 23.2 Å². The number of pyridine rings is 1. The molecule has 0 saturated carbocycles. The zero-order valence-electron chi connectivity index (χ0n) is 10.5. The third-order valence-corrected chi connectivity index (χ3v) is 3.36. The van der Waals surface area contributed by atoms with Crippen molar-refractivity contribution >= 4 is 10.0 Å². The first-order valence-corrected chi connectivity index (χ1v) is 6.86. The van der Waals surface area contributed by atoms with Crippen molar-refractivity contribution in [2.45, 2.75) is 11.1 Å². The molecule has 7 nitrogen and oxygen atoms in total. The van der Waals surface area contributed by atoms with Crippen molar-refractivity contribution in [3.05, 3.63) is 30.4 Å². The first-order valence-electron chi connectivity index (χ1n) is 5.32. The molecule has 0 spiro atoms. The van der Waals surface area contributed by atoms with Crippen LogP contribution >= 0.6 is 0 Å². The van der Waals surface area contributed by atoms with E-state index in [1.165, 1.54) is 7.11 Å². The normalized spacial score (nSPS) is 12.4. The highest BCUT2D eigenvalue weighted by Gasteiger charge is 2.33. The molecule has 0 radical (unpaired) electrons. The van der Waals surface area contributed by atoms with E-state index in [-0.39, 0.29) is 16.3 Å². The van der Waals surface area contributed by atoms with E-state index in [9.17, 15) is 21.6 Å². The predicted molar refractivity (Wildman–Crippen MR) is 64.3 cm³/mol. The molecule has 2 rings (SSSR count). The molecule has 2 aromatic rings. The Balaban J connectivity index is 2.59. The number of hydrogen-bond donors (Lipinski definition) is 1. The van der Waals surface area contributed by atoms with Crippen LogP contribution in [-0.4, -0.2) is 30.3 Å². The summed E-state index contributed by atoms with van der Waals surface area (Å²) >= 11 is 0. The molecule has 2 aromatic heterocycles. The van der Waals surface area contributed by atoms with Gasteiger partial charge in [-0.1, -0.05) is 0 Å². The number of nitrogens with zero attached hydrogens (tertiary/aromatic N) is 3. The fourth-order valence-electron chi connectivity index (χ4n) is 1.51. The lowest BCUT2D eigenvalue weighted by atomic mass is 10.3. The minimum atomic E-state index is -4.66. The van der Waals surface area contributed by atoms with E-state index in [4.69, 9.17) is 9.88 Å². The Bertz CT molecular complexity index is 770. The number of methoxy groups -OCH3 is 1. The Labute approximate surface area is 117 Å². The van der Waals surface area contributed by atoms with Gasteiger partial charge in [-0.2, -0.15) is 18.3 Å². The maximum absolute atomic E-state index is 12.7. The fraction of sp³-hybridized carbons (Fsp3) is 0.200. The van der Waals surface area contributed by atoms with Gasteiger partial charge in [-0.15, -0.1) is 0 Å². The molecule has 0 bridgehead atoms. The summed E-state index contributed by atoms with van der Waals surface area (Å²) in [6.07, 6.45) is -1.89. The lowest BCUT2D eigenvalue weighted by Crippen LogP contribution is -2.11. The second-order valence-corrected chi connectivity index (χ2v) is 5.47. The third kappa shape index (κ3) is 3.13. The van der Waals surface area contributed by atoms with Crippen LogP contribution in [0.25, 0.3) is 5.69 Å². The van der Waals surface area contributed by atoms with E-state index in [2.05, 4.69) is 10.1 Å². The molecule has 0 atom stereocenters. The van der Waals surface area contributed by atoms with Crippen molar-refractivity contribution < 1.29 is 26.3 Å². The molecule has 0 aliphatic rings. The molecule has 0 aliphatic carbocycles. The van der Waals surface area contributed by atoms with Gasteiger partial charge in [-0.05, 0) is 6.07 Å². The zero-order chi connectivity index (χ0) is 15.8. The van der Waals surface area contributed by atoms with Crippen LogP contribution in [0.4, 0.5) is 13.2 Å². The molecular weight excluding hydrogens is 313 g/mol. The zero-order valence-corrected chi connectivity index (χ0v) is 11.3. The number of primary sulfonamides is 1. The monoisotopic (exact) mass is 322 g/mol. The second kappa shape index (κ2) is 5.00. The highest BCUT2D eigenvalue weighted by atomic mass is 32.2. The number of aromatic nitrogens is 3. The maximum atomic E-state index is 12.7. The summed E-state index contributed by atoms with van der Waals surface area (Å²) in [5.41, 5.74) is -1.28. The summed E-state index contributed by atoms with van der Waals surface area (Å²) in [5.74, 6) is -0.00734. The van der Waals surface area contributed by atoms with E-state index >= 15 is 0 Å². The molecule has 0 amide bonds. The number of sulfonamides is 1. The number of nitrogens with two attached hydrogens (primary N) is 1. The molecule has 0 unspecified atom stereocenters. The largest absolute Gasteiger partial charge is 0.493 e. The van der Waals surface area contributed by atoms with Gasteiger partial charge in [0.05, 0.1) is 25.7 Å². The number of hydrogen-bond acceptors (Lipinski definition) is 5. The topological polar surface area (TPSA) is 100 Å². The summed E-state index contributed by atoms with van der Waals surface area (Å²) < 4.78 is 66.1. The predicted octanol–water partition coefficient (Wildman–Crippen LogP) is 0.942. The molecule has 21 heavy (non-hydrogen) atoms. The van der Waals surface area contributed by atoms with Gasteiger partial charge in [0.2, 0.25) is 10.0 Å². The van der Waals surface area contributed by atoms with Crippen LogP contribution < -0.4 is 9.88 Å². The van der Waals surface area contributed by atoms with Crippen molar-refractivity contribution in [3.63, 3.8) is 0 Å². The van der Waals surface area contributed by atoms with Gasteiger partial charge >= 0.3 is 6.18 Å². The molecule has 0 aliphatic heterocycles. The number of alkyl halides is 3. The van der Waals surface area contributed by atoms with E-state index < -0.39 is 21.9 Å². The van der Waals surface area contributed by atoms with Crippen molar-refractivity contribution in [1.82, 2.24) is 14.8 Å². The van der Waals surface area contributed by atoms with Gasteiger partial charge in [0, 0.05) is 0 Å². The van der Waals surface area contributed by atoms with Crippen LogP contribution in [-0.2, 0) is 16.2 Å². The number of halogens is 3. The van der Waals surface area contributed by atoms with Gasteiger partial charge in [-0.3, -0.25) is 0 Å². The first-order chi connectivity index (χ1) is 9.63. The van der Waals surface area contributed by atoms with Crippen LogP contribution in [0.1, 0.15) is 5.69 Å². The maximum Gasteiger partial charge on any atom is 0.433 e. The van der Waals surface area contributed by atoms with Crippen molar-refractivity contribution in [1.29, 1.82) is 0 Å². The molecule has 2 heterocycles. The Morgan fingerprint density at radius 3 is 2.48 bits per heavy atom. The van der Waals surface area contributed by atoms with Crippen LogP contribution in [0.5, 0.6) is 5.75 Å². The number of ether oxygens (including phenoxy) is 1. The Kier molecular flexibility index (Phi) is 3.63. The van der Waals surface area contributed by atoms with Gasteiger partial charge in [0.25, 0.3) is 0 Å². The van der Waals surface area contributed by atoms with E-state index in [1.807, 2.05) is 0 Å². The summed E-state index contributed by atoms with van der Waals surface area (Å²) in [5, 5.41) is 8.58. The molecule has 2 N–H and O–H groups in total. The van der Waals surface area contributed by atoms with E-state index in [1.54, 1.807) is 0 Å².